The number of fused-ring (bicyclic) bond motifs is 1. The molecule has 1 aliphatic rings. The third-order valence-corrected chi connectivity index (χ3v) is 4.56. The Kier molecular flexibility index (Phi) is 6.21. The summed E-state index contributed by atoms with van der Waals surface area (Å²) in [5.74, 6) is -1.78. The lowest BCUT2D eigenvalue weighted by Gasteiger charge is -2.12. The lowest BCUT2D eigenvalue weighted by Crippen LogP contribution is -2.31. The van der Waals surface area contributed by atoms with E-state index in [2.05, 4.69) is 0 Å². The predicted molar refractivity (Wildman–Crippen MR) is 98.9 cm³/mol. The Bertz CT molecular complexity index is 987. The average molecular weight is 421 g/mol. The average Bonchev–Trinajstić information content (AvgIpc) is 2.96. The number of hydrogen-bond donors (Lipinski definition) is 0. The highest BCUT2D eigenvalue weighted by Crippen LogP contribution is 2.30. The van der Waals surface area contributed by atoms with Gasteiger partial charge in [-0.05, 0) is 42.3 Å². The number of methoxy groups -OCH3 is 1. The van der Waals surface area contributed by atoms with Crippen LogP contribution in [0.25, 0.3) is 0 Å². The fourth-order valence-electron chi connectivity index (χ4n) is 3.06. The van der Waals surface area contributed by atoms with Crippen molar-refractivity contribution in [1.82, 2.24) is 4.90 Å². The predicted octanol–water partition coefficient (Wildman–Crippen LogP) is 3.69. The van der Waals surface area contributed by atoms with Crippen LogP contribution in [0.5, 0.6) is 0 Å². The number of alkyl halides is 3. The molecule has 0 saturated carbocycles. The van der Waals surface area contributed by atoms with Crippen molar-refractivity contribution < 1.29 is 37.0 Å². The third-order valence-electron chi connectivity index (χ3n) is 4.56. The Hall–Kier alpha value is -3.20. The Balaban J connectivity index is 1.69. The van der Waals surface area contributed by atoms with E-state index in [9.17, 15) is 27.6 Å². The van der Waals surface area contributed by atoms with Gasteiger partial charge in [0.15, 0.2) is 0 Å². The maximum absolute atomic E-state index is 12.8. The second-order valence-corrected chi connectivity index (χ2v) is 6.64. The molecule has 0 aliphatic carbocycles. The number of hydrogen-bond acceptors (Lipinski definition) is 5. The van der Waals surface area contributed by atoms with E-state index in [1.807, 2.05) is 0 Å². The summed E-state index contributed by atoms with van der Waals surface area (Å²) in [4.78, 5) is 38.2. The van der Waals surface area contributed by atoms with Crippen molar-refractivity contribution in [2.24, 2.45) is 0 Å². The molecule has 30 heavy (non-hydrogen) atoms. The number of imide groups is 1. The van der Waals surface area contributed by atoms with Crippen molar-refractivity contribution in [2.75, 3.05) is 20.3 Å². The van der Waals surface area contributed by atoms with Gasteiger partial charge in [0.2, 0.25) is 0 Å². The number of benzene rings is 2. The summed E-state index contributed by atoms with van der Waals surface area (Å²) < 4.78 is 48.3. The quantitative estimate of drug-likeness (QED) is 0.387. The van der Waals surface area contributed by atoms with Gasteiger partial charge in [-0.1, -0.05) is 12.1 Å². The van der Waals surface area contributed by atoms with Gasteiger partial charge >= 0.3 is 12.1 Å². The van der Waals surface area contributed by atoms with Crippen molar-refractivity contribution in [3.05, 3.63) is 70.3 Å². The molecule has 2 amide bonds. The number of ether oxygens (including phenoxy) is 2. The lowest BCUT2D eigenvalue weighted by atomic mass is 10.1. The molecule has 3 rings (SSSR count). The molecule has 0 fully saturated rings. The minimum absolute atomic E-state index is 0.0283. The highest BCUT2D eigenvalue weighted by atomic mass is 19.4. The molecular formula is C21H18F3NO5. The van der Waals surface area contributed by atoms with Crippen molar-refractivity contribution in [2.45, 2.75) is 19.2 Å². The summed E-state index contributed by atoms with van der Waals surface area (Å²) in [6, 6.07) is 8.43. The standard InChI is InChI=1S/C21H18F3NO5/c1-29-9-3-8-25-18(26)16-7-6-14(11-17(16)19(25)27)20(28)30-12-13-4-2-5-15(10-13)21(22,23)24/h2,4-7,10-11H,3,8-9,12H2,1H3. The van der Waals surface area contributed by atoms with E-state index in [0.717, 1.165) is 17.0 Å². The maximum atomic E-state index is 12.8. The van der Waals surface area contributed by atoms with E-state index in [0.29, 0.717) is 13.0 Å². The SMILES string of the molecule is COCCCN1C(=O)c2ccc(C(=O)OCc3cccc(C(F)(F)F)c3)cc2C1=O. The topological polar surface area (TPSA) is 72.9 Å². The van der Waals surface area contributed by atoms with Gasteiger partial charge in [0.1, 0.15) is 6.61 Å². The van der Waals surface area contributed by atoms with Crippen LogP contribution >= 0.6 is 0 Å². The molecule has 1 heterocycles. The van der Waals surface area contributed by atoms with Gasteiger partial charge < -0.3 is 9.47 Å². The summed E-state index contributed by atoms with van der Waals surface area (Å²) >= 11 is 0. The normalized spacial score (nSPS) is 13.5. The van der Waals surface area contributed by atoms with E-state index in [1.54, 1.807) is 0 Å². The zero-order chi connectivity index (χ0) is 21.9. The number of carbonyl (C=O) groups excluding carboxylic acids is 3. The highest BCUT2D eigenvalue weighted by Gasteiger charge is 2.35. The molecule has 0 radical (unpaired) electrons. The summed E-state index contributed by atoms with van der Waals surface area (Å²) in [5.41, 5.74) is -0.362. The van der Waals surface area contributed by atoms with E-state index < -0.39 is 29.5 Å². The first kappa shape index (κ1) is 21.5. The van der Waals surface area contributed by atoms with E-state index in [4.69, 9.17) is 9.47 Å². The Morgan fingerprint density at radius 2 is 1.77 bits per heavy atom. The zero-order valence-electron chi connectivity index (χ0n) is 16.0. The van der Waals surface area contributed by atoms with Gasteiger partial charge in [-0.25, -0.2) is 4.79 Å². The second kappa shape index (κ2) is 8.66. The minimum atomic E-state index is -4.50. The van der Waals surface area contributed by atoms with Gasteiger partial charge in [-0.3, -0.25) is 14.5 Å². The molecule has 158 valence electrons. The summed E-state index contributed by atoms with van der Waals surface area (Å²) in [5, 5.41) is 0. The zero-order valence-corrected chi connectivity index (χ0v) is 16.0. The Morgan fingerprint density at radius 3 is 2.47 bits per heavy atom. The van der Waals surface area contributed by atoms with Crippen LogP contribution in [-0.4, -0.2) is 42.9 Å². The van der Waals surface area contributed by atoms with Crippen molar-refractivity contribution in [1.29, 1.82) is 0 Å². The smallest absolute Gasteiger partial charge is 0.416 e. The molecule has 0 atom stereocenters. The number of rotatable bonds is 7. The van der Waals surface area contributed by atoms with Crippen molar-refractivity contribution >= 4 is 17.8 Å². The van der Waals surface area contributed by atoms with Crippen LogP contribution in [0.3, 0.4) is 0 Å². The molecule has 0 aromatic heterocycles. The molecular weight excluding hydrogens is 403 g/mol. The summed E-state index contributed by atoms with van der Waals surface area (Å²) in [6.07, 6.45) is -4.02. The second-order valence-electron chi connectivity index (χ2n) is 6.64. The first-order chi connectivity index (χ1) is 14.2. The molecule has 1 aliphatic heterocycles. The van der Waals surface area contributed by atoms with Crippen LogP contribution in [0.4, 0.5) is 13.2 Å². The number of amides is 2. The van der Waals surface area contributed by atoms with Crippen molar-refractivity contribution in [3.8, 4) is 0 Å². The monoisotopic (exact) mass is 421 g/mol. The highest BCUT2D eigenvalue weighted by molar-refractivity contribution is 6.21. The first-order valence-corrected chi connectivity index (χ1v) is 9.05. The van der Waals surface area contributed by atoms with E-state index >= 15 is 0 Å². The fraction of sp³-hybridized carbons (Fsp3) is 0.286. The number of esters is 1. The van der Waals surface area contributed by atoms with Crippen LogP contribution in [0, 0.1) is 0 Å². The van der Waals surface area contributed by atoms with Gasteiger partial charge in [0, 0.05) is 20.3 Å². The molecule has 2 aromatic carbocycles. The van der Waals surface area contributed by atoms with E-state index in [-0.39, 0.29) is 35.4 Å². The van der Waals surface area contributed by atoms with Gasteiger partial charge in [-0.2, -0.15) is 13.2 Å². The van der Waals surface area contributed by atoms with Crippen LogP contribution in [0.15, 0.2) is 42.5 Å². The molecule has 0 spiro atoms. The Morgan fingerprint density at radius 1 is 1.03 bits per heavy atom. The number of nitrogens with zero attached hydrogens (tertiary/aromatic N) is 1. The third kappa shape index (κ3) is 4.51. The molecule has 2 aromatic rings. The maximum Gasteiger partial charge on any atom is 0.416 e. The number of carbonyl (C=O) groups is 3. The molecule has 0 N–H and O–H groups in total. The molecule has 0 bridgehead atoms. The van der Waals surface area contributed by atoms with Crippen LogP contribution in [-0.2, 0) is 22.3 Å². The van der Waals surface area contributed by atoms with Gasteiger partial charge in [-0.15, -0.1) is 0 Å². The fourth-order valence-corrected chi connectivity index (χ4v) is 3.06. The molecule has 0 saturated heterocycles. The van der Waals surface area contributed by atoms with E-state index in [1.165, 1.54) is 37.4 Å². The van der Waals surface area contributed by atoms with Crippen LogP contribution in [0.1, 0.15) is 48.6 Å². The first-order valence-electron chi connectivity index (χ1n) is 9.05. The molecule has 9 heteroatoms. The largest absolute Gasteiger partial charge is 0.457 e. The molecule has 6 nitrogen and oxygen atoms in total. The summed E-state index contributed by atoms with van der Waals surface area (Å²) in [6.45, 7) is 0.214. The minimum Gasteiger partial charge on any atom is -0.457 e. The summed E-state index contributed by atoms with van der Waals surface area (Å²) in [7, 11) is 1.51. The van der Waals surface area contributed by atoms with Gasteiger partial charge in [0.25, 0.3) is 11.8 Å². The van der Waals surface area contributed by atoms with Crippen LogP contribution in [0.2, 0.25) is 0 Å². The van der Waals surface area contributed by atoms with Gasteiger partial charge in [0.05, 0.1) is 22.3 Å². The molecule has 0 unspecified atom stereocenters. The Labute approximate surface area is 170 Å². The van der Waals surface area contributed by atoms with Crippen LogP contribution < -0.4 is 0 Å². The lowest BCUT2D eigenvalue weighted by molar-refractivity contribution is -0.137. The van der Waals surface area contributed by atoms with Crippen molar-refractivity contribution in [3.63, 3.8) is 0 Å². The number of halogens is 3.